The third-order valence-electron chi connectivity index (χ3n) is 3.07. The van der Waals surface area contributed by atoms with Crippen LogP contribution >= 0.6 is 11.6 Å². The van der Waals surface area contributed by atoms with Gasteiger partial charge in [-0.2, -0.15) is 5.10 Å². The summed E-state index contributed by atoms with van der Waals surface area (Å²) in [7, 11) is -3.45. The molecule has 1 aromatic carbocycles. The van der Waals surface area contributed by atoms with E-state index in [1.54, 1.807) is 0 Å². The smallest absolute Gasteiger partial charge is 0.254 e. The Morgan fingerprint density at radius 3 is 2.79 bits per heavy atom. The molecule has 0 saturated heterocycles. The molecule has 0 bridgehead atoms. The summed E-state index contributed by atoms with van der Waals surface area (Å²) in [5, 5.41) is 19.4. The first kappa shape index (κ1) is 18.2. The van der Waals surface area contributed by atoms with E-state index >= 15 is 0 Å². The zero-order valence-electron chi connectivity index (χ0n) is 12.8. The minimum atomic E-state index is -3.45. The first-order valence-corrected chi connectivity index (χ1v) is 9.25. The predicted octanol–water partition coefficient (Wildman–Crippen LogP) is 1.29. The van der Waals surface area contributed by atoms with E-state index in [0.717, 1.165) is 6.26 Å². The number of aromatic nitrogens is 2. The molecule has 0 aliphatic rings. The van der Waals surface area contributed by atoms with Crippen molar-refractivity contribution in [3.8, 4) is 0 Å². The third-order valence-corrected chi connectivity index (χ3v) is 3.90. The molecule has 1 amide bonds. The second kappa shape index (κ2) is 7.65. The summed E-state index contributed by atoms with van der Waals surface area (Å²) in [6, 6.07) is 4.48. The Labute approximate surface area is 144 Å². The molecule has 0 radical (unpaired) electrons. The van der Waals surface area contributed by atoms with Gasteiger partial charge >= 0.3 is 0 Å². The molecule has 0 spiro atoms. The molecule has 1 heterocycles. The Morgan fingerprint density at radius 1 is 1.42 bits per heavy atom. The van der Waals surface area contributed by atoms with Crippen molar-refractivity contribution in [2.45, 2.75) is 12.5 Å². The molecule has 4 N–H and O–H groups in total. The normalized spacial score (nSPS) is 12.6. The van der Waals surface area contributed by atoms with Crippen molar-refractivity contribution in [3.63, 3.8) is 0 Å². The van der Waals surface area contributed by atoms with Crippen molar-refractivity contribution >= 4 is 33.2 Å². The van der Waals surface area contributed by atoms with Crippen LogP contribution < -0.4 is 10.0 Å². The number of hydrogen-bond donors (Lipinski definition) is 4. The van der Waals surface area contributed by atoms with Gasteiger partial charge in [-0.3, -0.25) is 14.6 Å². The summed E-state index contributed by atoms with van der Waals surface area (Å²) in [4.78, 5) is 11.7. The van der Waals surface area contributed by atoms with Crippen LogP contribution in [-0.2, 0) is 10.0 Å². The molecule has 0 saturated carbocycles. The first-order valence-electron chi connectivity index (χ1n) is 6.98. The van der Waals surface area contributed by atoms with Crippen LogP contribution in [0.3, 0.4) is 0 Å². The largest absolute Gasteiger partial charge is 0.388 e. The molecule has 0 aliphatic carbocycles. The summed E-state index contributed by atoms with van der Waals surface area (Å²) in [6.07, 6.45) is 3.21. The van der Waals surface area contributed by atoms with Gasteiger partial charge in [-0.25, -0.2) is 8.42 Å². The number of carbonyl (C=O) groups is 1. The van der Waals surface area contributed by atoms with Gasteiger partial charge in [0.05, 0.1) is 29.8 Å². The zero-order chi connectivity index (χ0) is 17.7. The first-order chi connectivity index (χ1) is 11.2. The summed E-state index contributed by atoms with van der Waals surface area (Å²) in [5.41, 5.74) is 1.11. The molecule has 130 valence electrons. The van der Waals surface area contributed by atoms with Crippen LogP contribution in [0.1, 0.15) is 28.4 Å². The van der Waals surface area contributed by atoms with E-state index < -0.39 is 16.1 Å². The molecular formula is C14H17ClN4O4S. The molecule has 0 unspecified atom stereocenters. The van der Waals surface area contributed by atoms with Gasteiger partial charge in [0.15, 0.2) is 0 Å². The fourth-order valence-corrected chi connectivity index (χ4v) is 2.83. The van der Waals surface area contributed by atoms with Gasteiger partial charge < -0.3 is 10.4 Å². The van der Waals surface area contributed by atoms with Crippen molar-refractivity contribution in [2.75, 3.05) is 17.5 Å². The Hall–Kier alpha value is -2.10. The number of sulfonamides is 1. The molecule has 8 nitrogen and oxygen atoms in total. The van der Waals surface area contributed by atoms with Crippen molar-refractivity contribution in [2.24, 2.45) is 0 Å². The van der Waals surface area contributed by atoms with E-state index in [0.29, 0.717) is 16.1 Å². The Balaban J connectivity index is 1.96. The maximum absolute atomic E-state index is 11.7. The van der Waals surface area contributed by atoms with Crippen LogP contribution in [0.25, 0.3) is 0 Å². The van der Waals surface area contributed by atoms with Gasteiger partial charge in [-0.15, -0.1) is 0 Å². The number of hydrogen-bond acceptors (Lipinski definition) is 5. The summed E-state index contributed by atoms with van der Waals surface area (Å²) in [5.74, 6) is -0.304. The Bertz CT molecular complexity index is 808. The molecule has 10 heteroatoms. The molecule has 2 aromatic rings. The number of halogens is 1. The summed E-state index contributed by atoms with van der Waals surface area (Å²) >= 11 is 5.95. The quantitative estimate of drug-likeness (QED) is 0.583. The highest BCUT2D eigenvalue weighted by Crippen LogP contribution is 2.25. The average Bonchev–Trinajstić information content (AvgIpc) is 2.98. The van der Waals surface area contributed by atoms with Crippen LogP contribution in [0.5, 0.6) is 0 Å². The lowest BCUT2D eigenvalue weighted by molar-refractivity contribution is 0.0942. The molecule has 1 atom stereocenters. The van der Waals surface area contributed by atoms with Crippen molar-refractivity contribution in [1.82, 2.24) is 15.5 Å². The van der Waals surface area contributed by atoms with E-state index in [1.165, 1.54) is 30.6 Å². The molecule has 2 rings (SSSR count). The number of anilines is 1. The molecule has 0 aliphatic heterocycles. The van der Waals surface area contributed by atoms with Gasteiger partial charge in [0.25, 0.3) is 5.91 Å². The number of aromatic amines is 1. The lowest BCUT2D eigenvalue weighted by Crippen LogP contribution is -2.25. The molecule has 0 fully saturated rings. The zero-order valence-corrected chi connectivity index (χ0v) is 14.4. The average molecular weight is 373 g/mol. The maximum atomic E-state index is 11.7. The fraction of sp³-hybridized carbons (Fsp3) is 0.286. The predicted molar refractivity (Wildman–Crippen MR) is 90.4 cm³/mol. The van der Waals surface area contributed by atoms with Crippen molar-refractivity contribution in [3.05, 3.63) is 46.7 Å². The Kier molecular flexibility index (Phi) is 5.81. The highest BCUT2D eigenvalue weighted by atomic mass is 35.5. The lowest BCUT2D eigenvalue weighted by Gasteiger charge is -2.14. The van der Waals surface area contributed by atoms with Gasteiger partial charge in [0, 0.05) is 17.8 Å². The summed E-state index contributed by atoms with van der Waals surface area (Å²) < 4.78 is 24.9. The number of H-pyrrole nitrogens is 1. The Morgan fingerprint density at radius 2 is 2.17 bits per heavy atom. The molecule has 1 aromatic heterocycles. The van der Waals surface area contributed by atoms with Crippen LogP contribution in [0, 0.1) is 0 Å². The standard InChI is InChI=1S/C14H17ClN4O4S/c1-24(22,23)19-12-5-9(4-11(15)6-12)13(20)2-3-16-14(21)10-7-17-18-8-10/h4-8,13,19-20H,2-3H2,1H3,(H,16,21)(H,17,18)/t13-/m0/s1. The van der Waals surface area contributed by atoms with Crippen molar-refractivity contribution in [1.29, 1.82) is 0 Å². The molecular weight excluding hydrogens is 356 g/mol. The number of amides is 1. The number of nitrogens with zero attached hydrogens (tertiary/aromatic N) is 1. The van der Waals surface area contributed by atoms with Gasteiger partial charge in [0.1, 0.15) is 0 Å². The number of carbonyl (C=O) groups excluding carboxylic acids is 1. The minimum absolute atomic E-state index is 0.229. The lowest BCUT2D eigenvalue weighted by atomic mass is 10.1. The SMILES string of the molecule is CS(=O)(=O)Nc1cc(Cl)cc([C@@H](O)CCNC(=O)c2cn[nH]c2)c1. The fourth-order valence-electron chi connectivity index (χ4n) is 2.04. The van der Waals surface area contributed by atoms with Crippen LogP contribution in [0.4, 0.5) is 5.69 Å². The second-order valence-corrected chi connectivity index (χ2v) is 7.38. The van der Waals surface area contributed by atoms with E-state index in [4.69, 9.17) is 11.6 Å². The third kappa shape index (κ3) is 5.52. The van der Waals surface area contributed by atoms with Crippen molar-refractivity contribution < 1.29 is 18.3 Å². The minimum Gasteiger partial charge on any atom is -0.388 e. The maximum Gasteiger partial charge on any atom is 0.254 e. The van der Waals surface area contributed by atoms with Gasteiger partial charge in [-0.05, 0) is 30.2 Å². The number of aliphatic hydroxyl groups is 1. The van der Waals surface area contributed by atoms with E-state index in [9.17, 15) is 18.3 Å². The van der Waals surface area contributed by atoms with Crippen LogP contribution in [0.2, 0.25) is 5.02 Å². The number of rotatable bonds is 7. The van der Waals surface area contributed by atoms with Crippen LogP contribution in [0.15, 0.2) is 30.6 Å². The second-order valence-electron chi connectivity index (χ2n) is 5.19. The number of nitrogens with one attached hydrogen (secondary N) is 3. The highest BCUT2D eigenvalue weighted by molar-refractivity contribution is 7.92. The number of aliphatic hydroxyl groups excluding tert-OH is 1. The monoisotopic (exact) mass is 372 g/mol. The topological polar surface area (TPSA) is 124 Å². The number of benzene rings is 1. The molecule has 24 heavy (non-hydrogen) atoms. The van der Waals surface area contributed by atoms with E-state index in [-0.39, 0.29) is 24.6 Å². The van der Waals surface area contributed by atoms with E-state index in [1.807, 2.05) is 0 Å². The van der Waals surface area contributed by atoms with E-state index in [2.05, 4.69) is 20.2 Å². The van der Waals surface area contributed by atoms with Gasteiger partial charge in [-0.1, -0.05) is 11.6 Å². The summed E-state index contributed by atoms with van der Waals surface area (Å²) in [6.45, 7) is 0.229. The van der Waals surface area contributed by atoms with Crippen LogP contribution in [-0.4, -0.2) is 42.4 Å². The van der Waals surface area contributed by atoms with Gasteiger partial charge in [0.2, 0.25) is 10.0 Å². The highest BCUT2D eigenvalue weighted by Gasteiger charge is 2.13.